The third-order valence-electron chi connectivity index (χ3n) is 1.25. The van der Waals surface area contributed by atoms with Crippen molar-refractivity contribution in [2.75, 3.05) is 12.8 Å². The lowest BCUT2D eigenvalue weighted by molar-refractivity contribution is 0.321. The molecule has 1 unspecified atom stereocenters. The molecule has 0 rings (SSSR count). The second-order valence-corrected chi connectivity index (χ2v) is 3.69. The Kier molecular flexibility index (Phi) is 7.76. The summed E-state index contributed by atoms with van der Waals surface area (Å²) in [7, 11) is -1.42. The van der Waals surface area contributed by atoms with Crippen LogP contribution >= 0.6 is 8.03 Å². The van der Waals surface area contributed by atoms with Gasteiger partial charge < -0.3 is 0 Å². The summed E-state index contributed by atoms with van der Waals surface area (Å²) in [4.78, 5) is 0. The number of hydrogen-bond acceptors (Lipinski definition) is 2. The molecule has 0 aliphatic rings. The van der Waals surface area contributed by atoms with Crippen LogP contribution in [0.5, 0.6) is 0 Å². The van der Waals surface area contributed by atoms with Gasteiger partial charge in [0.15, 0.2) is 6.16 Å². The molecular weight excluding hydrogens is 159 g/mol. The van der Waals surface area contributed by atoms with Crippen molar-refractivity contribution in [1.82, 2.24) is 0 Å². The molecule has 0 N–H and O–H groups in total. The van der Waals surface area contributed by atoms with Crippen LogP contribution in [0.4, 0.5) is 0 Å². The van der Waals surface area contributed by atoms with Crippen LogP contribution in [0.3, 0.4) is 0 Å². The predicted molar refractivity (Wildman–Crippen MR) is 48.1 cm³/mol. The van der Waals surface area contributed by atoms with E-state index in [9.17, 15) is 4.57 Å². The van der Waals surface area contributed by atoms with Crippen molar-refractivity contribution >= 4 is 8.03 Å². The largest absolute Gasteiger partial charge is 0.508 e. The van der Waals surface area contributed by atoms with Crippen molar-refractivity contribution in [1.29, 1.82) is 0 Å². The summed E-state index contributed by atoms with van der Waals surface area (Å²) in [6, 6.07) is 0. The summed E-state index contributed by atoms with van der Waals surface area (Å²) in [6.07, 6.45) is 5.24. The molecule has 0 heterocycles. The Morgan fingerprint density at radius 3 is 2.91 bits per heavy atom. The normalized spacial score (nSPS) is 11.2. The summed E-state index contributed by atoms with van der Waals surface area (Å²) in [5, 5.41) is 0. The van der Waals surface area contributed by atoms with Gasteiger partial charge in [-0.3, -0.25) is 0 Å². The molecule has 0 aromatic heterocycles. The fourth-order valence-corrected chi connectivity index (χ4v) is 1.43. The fourth-order valence-electron chi connectivity index (χ4n) is 0.572. The first kappa shape index (κ1) is 10.8. The Morgan fingerprint density at radius 2 is 2.36 bits per heavy atom. The number of hydrogen-bond donors (Lipinski definition) is 0. The minimum absolute atomic E-state index is 0.614. The van der Waals surface area contributed by atoms with Crippen LogP contribution < -0.4 is 0 Å². The molecule has 1 atom stereocenters. The summed E-state index contributed by atoms with van der Waals surface area (Å²) in [6.45, 7) is 6.26. The quantitative estimate of drug-likeness (QED) is 0.337. The van der Waals surface area contributed by atoms with Crippen molar-refractivity contribution < 1.29 is 9.09 Å². The minimum atomic E-state index is -1.42. The van der Waals surface area contributed by atoms with E-state index < -0.39 is 8.03 Å². The van der Waals surface area contributed by atoms with Crippen molar-refractivity contribution in [2.45, 2.75) is 26.2 Å². The summed E-state index contributed by atoms with van der Waals surface area (Å²) in [5.41, 5.74) is 0. The Morgan fingerprint density at radius 1 is 1.64 bits per heavy atom. The lowest BCUT2D eigenvalue weighted by Crippen LogP contribution is -1.86. The van der Waals surface area contributed by atoms with Crippen LogP contribution in [-0.4, -0.2) is 12.8 Å². The standard InChI is InChI=1S/C8H16O2P/c1-3-5-7-10-11(9)8-6-4-2/h4H,2-3,5-8H2,1H3/q+1. The van der Waals surface area contributed by atoms with Gasteiger partial charge in [0.05, 0.1) is 0 Å². The van der Waals surface area contributed by atoms with Gasteiger partial charge in [-0.05, 0) is 11.0 Å². The second-order valence-electron chi connectivity index (χ2n) is 2.32. The first-order valence-electron chi connectivity index (χ1n) is 3.99. The van der Waals surface area contributed by atoms with E-state index in [0.717, 1.165) is 19.3 Å². The van der Waals surface area contributed by atoms with E-state index in [4.69, 9.17) is 4.52 Å². The van der Waals surface area contributed by atoms with Crippen LogP contribution in [0.25, 0.3) is 0 Å². The molecule has 0 bridgehead atoms. The topological polar surface area (TPSA) is 26.3 Å². The van der Waals surface area contributed by atoms with Gasteiger partial charge in [-0.15, -0.1) is 11.1 Å². The average molecular weight is 175 g/mol. The fraction of sp³-hybridized carbons (Fsp3) is 0.750. The molecule has 0 radical (unpaired) electrons. The van der Waals surface area contributed by atoms with Gasteiger partial charge in [0.25, 0.3) is 0 Å². The van der Waals surface area contributed by atoms with Crippen molar-refractivity contribution in [2.24, 2.45) is 0 Å². The van der Waals surface area contributed by atoms with Gasteiger partial charge in [-0.2, -0.15) is 0 Å². The van der Waals surface area contributed by atoms with Crippen molar-refractivity contribution in [3.8, 4) is 0 Å². The minimum Gasteiger partial charge on any atom is -0.146 e. The predicted octanol–water partition coefficient (Wildman–Crippen LogP) is 3.12. The van der Waals surface area contributed by atoms with Crippen LogP contribution in [0.15, 0.2) is 12.7 Å². The van der Waals surface area contributed by atoms with Crippen LogP contribution in [0.2, 0.25) is 0 Å². The molecule has 0 saturated carbocycles. The molecule has 3 heteroatoms. The lowest BCUT2D eigenvalue weighted by Gasteiger charge is -1.87. The number of allylic oxidation sites excluding steroid dienone is 1. The third kappa shape index (κ3) is 7.70. The Bertz CT molecular complexity index is 123. The Balaban J connectivity index is 3.15. The van der Waals surface area contributed by atoms with Crippen LogP contribution in [0.1, 0.15) is 26.2 Å². The van der Waals surface area contributed by atoms with Gasteiger partial charge in [0.1, 0.15) is 6.61 Å². The summed E-state index contributed by atoms with van der Waals surface area (Å²) >= 11 is 0. The molecule has 64 valence electrons. The van der Waals surface area contributed by atoms with E-state index in [-0.39, 0.29) is 0 Å². The zero-order valence-electron chi connectivity index (χ0n) is 7.08. The lowest BCUT2D eigenvalue weighted by atomic mass is 10.4. The van der Waals surface area contributed by atoms with Crippen molar-refractivity contribution in [3.63, 3.8) is 0 Å². The monoisotopic (exact) mass is 175 g/mol. The van der Waals surface area contributed by atoms with Gasteiger partial charge in [0, 0.05) is 6.42 Å². The smallest absolute Gasteiger partial charge is 0.146 e. The molecule has 0 aliphatic carbocycles. The molecular formula is C8H16O2P+. The van der Waals surface area contributed by atoms with Gasteiger partial charge in [-0.25, -0.2) is 0 Å². The van der Waals surface area contributed by atoms with Gasteiger partial charge in [0.2, 0.25) is 0 Å². The maximum atomic E-state index is 11.0. The Labute approximate surface area is 69.5 Å². The molecule has 0 aromatic carbocycles. The molecule has 0 fully saturated rings. The maximum absolute atomic E-state index is 11.0. The maximum Gasteiger partial charge on any atom is 0.508 e. The van der Waals surface area contributed by atoms with Gasteiger partial charge in [-0.1, -0.05) is 19.4 Å². The van der Waals surface area contributed by atoms with E-state index >= 15 is 0 Å². The molecule has 11 heavy (non-hydrogen) atoms. The second kappa shape index (κ2) is 7.90. The molecule has 0 aliphatic heterocycles. The van der Waals surface area contributed by atoms with E-state index in [1.807, 2.05) is 0 Å². The van der Waals surface area contributed by atoms with E-state index in [2.05, 4.69) is 13.5 Å². The molecule has 0 saturated heterocycles. The summed E-state index contributed by atoms with van der Waals surface area (Å²) < 4.78 is 16.0. The van der Waals surface area contributed by atoms with Crippen molar-refractivity contribution in [3.05, 3.63) is 12.7 Å². The average Bonchev–Trinajstić information content (AvgIpc) is 2.01. The highest BCUT2D eigenvalue weighted by molar-refractivity contribution is 7.39. The van der Waals surface area contributed by atoms with Crippen LogP contribution in [0, 0.1) is 0 Å². The van der Waals surface area contributed by atoms with E-state index in [1.165, 1.54) is 0 Å². The van der Waals surface area contributed by atoms with Crippen LogP contribution in [-0.2, 0) is 9.09 Å². The highest BCUT2D eigenvalue weighted by Gasteiger charge is 2.14. The van der Waals surface area contributed by atoms with E-state index in [0.29, 0.717) is 12.8 Å². The zero-order chi connectivity index (χ0) is 8.53. The summed E-state index contributed by atoms with van der Waals surface area (Å²) in [5.74, 6) is 0. The third-order valence-corrected chi connectivity index (χ3v) is 2.34. The highest BCUT2D eigenvalue weighted by atomic mass is 31.1. The first-order valence-corrected chi connectivity index (χ1v) is 5.36. The molecule has 2 nitrogen and oxygen atoms in total. The number of rotatable bonds is 7. The molecule has 0 amide bonds. The SMILES string of the molecule is C=CCC[P+](=O)OCCCC. The molecule has 0 aromatic rings. The molecule has 0 spiro atoms. The Hall–Kier alpha value is -0.200. The van der Waals surface area contributed by atoms with E-state index in [1.54, 1.807) is 6.08 Å². The first-order chi connectivity index (χ1) is 5.31. The van der Waals surface area contributed by atoms with Gasteiger partial charge >= 0.3 is 8.03 Å². The highest BCUT2D eigenvalue weighted by Crippen LogP contribution is 2.23. The number of unbranched alkanes of at least 4 members (excludes halogenated alkanes) is 1. The zero-order valence-corrected chi connectivity index (χ0v) is 7.98.